The number of amides is 1. The first-order valence-electron chi connectivity index (χ1n) is 7.47. The highest BCUT2D eigenvalue weighted by Crippen LogP contribution is 2.20. The van der Waals surface area contributed by atoms with Crippen LogP contribution in [-0.4, -0.2) is 30.0 Å². The van der Waals surface area contributed by atoms with E-state index in [1.54, 1.807) is 13.1 Å². The van der Waals surface area contributed by atoms with Gasteiger partial charge in [-0.05, 0) is 6.92 Å². The monoisotopic (exact) mass is 283 g/mol. The van der Waals surface area contributed by atoms with E-state index in [-0.39, 0.29) is 12.0 Å². The minimum absolute atomic E-state index is 0.110. The molecule has 0 saturated carbocycles. The lowest BCUT2D eigenvalue weighted by Gasteiger charge is -2.20. The quantitative estimate of drug-likeness (QED) is 0.817. The number of nitrogens with zero attached hydrogens (tertiary/aromatic N) is 1. The van der Waals surface area contributed by atoms with Gasteiger partial charge in [-0.3, -0.25) is 4.79 Å². The SMILES string of the molecule is CC.CC.CC(=O)N1CCC(OC2=CNNC=C2C)C1. The van der Waals surface area contributed by atoms with Crippen LogP contribution in [0.25, 0.3) is 0 Å². The molecule has 116 valence electrons. The van der Waals surface area contributed by atoms with Gasteiger partial charge in [0.05, 0.1) is 12.7 Å². The van der Waals surface area contributed by atoms with E-state index in [0.29, 0.717) is 6.54 Å². The van der Waals surface area contributed by atoms with Gasteiger partial charge in [0.25, 0.3) is 0 Å². The first kappa shape index (κ1) is 18.4. The van der Waals surface area contributed by atoms with Gasteiger partial charge in [-0.25, -0.2) is 0 Å². The van der Waals surface area contributed by atoms with Gasteiger partial charge in [0.15, 0.2) is 0 Å². The van der Waals surface area contributed by atoms with Gasteiger partial charge < -0.3 is 20.5 Å². The standard InChI is InChI=1S/C11H17N3O2.2C2H6/c1-8-5-12-13-6-11(8)16-10-3-4-14(7-10)9(2)15;2*1-2/h5-6,10,12-13H,3-4,7H2,1-2H3;2*1-2H3. The Kier molecular flexibility index (Phi) is 9.34. The molecular weight excluding hydrogens is 254 g/mol. The zero-order valence-corrected chi connectivity index (χ0v) is 13.6. The Morgan fingerprint density at radius 3 is 2.35 bits per heavy atom. The fourth-order valence-electron chi connectivity index (χ4n) is 1.86. The fraction of sp³-hybridized carbons (Fsp3) is 0.667. The number of hydrazine groups is 1. The molecule has 2 N–H and O–H groups in total. The average Bonchev–Trinajstić information content (AvgIpc) is 2.95. The third-order valence-electron chi connectivity index (χ3n) is 2.85. The summed E-state index contributed by atoms with van der Waals surface area (Å²) in [5.41, 5.74) is 6.82. The molecule has 1 unspecified atom stereocenters. The molecule has 0 radical (unpaired) electrons. The lowest BCUT2D eigenvalue weighted by molar-refractivity contribution is -0.128. The largest absolute Gasteiger partial charge is 0.487 e. The molecule has 1 fully saturated rings. The summed E-state index contributed by atoms with van der Waals surface area (Å²) < 4.78 is 5.84. The summed E-state index contributed by atoms with van der Waals surface area (Å²) >= 11 is 0. The molecule has 1 atom stereocenters. The van der Waals surface area contributed by atoms with Crippen LogP contribution in [0, 0.1) is 0 Å². The molecule has 2 rings (SSSR count). The Morgan fingerprint density at radius 1 is 1.25 bits per heavy atom. The van der Waals surface area contributed by atoms with Crippen LogP contribution in [0.5, 0.6) is 0 Å². The topological polar surface area (TPSA) is 53.6 Å². The molecule has 0 aromatic carbocycles. The Bertz CT molecular complexity index is 351. The van der Waals surface area contributed by atoms with Crippen LogP contribution in [0.15, 0.2) is 23.7 Å². The van der Waals surface area contributed by atoms with Crippen LogP contribution in [0.2, 0.25) is 0 Å². The summed E-state index contributed by atoms with van der Waals surface area (Å²) in [6.07, 6.45) is 4.66. The second-order valence-electron chi connectivity index (χ2n) is 4.12. The Morgan fingerprint density at radius 2 is 1.85 bits per heavy atom. The van der Waals surface area contributed by atoms with Crippen molar-refractivity contribution in [2.75, 3.05) is 13.1 Å². The first-order valence-corrected chi connectivity index (χ1v) is 7.47. The lowest BCUT2D eigenvalue weighted by Crippen LogP contribution is -2.29. The van der Waals surface area contributed by atoms with E-state index in [4.69, 9.17) is 4.74 Å². The summed E-state index contributed by atoms with van der Waals surface area (Å²) in [7, 11) is 0. The number of likely N-dealkylation sites (tertiary alicyclic amines) is 1. The van der Waals surface area contributed by atoms with E-state index in [1.165, 1.54) is 0 Å². The van der Waals surface area contributed by atoms with Gasteiger partial charge in [-0.2, -0.15) is 0 Å². The van der Waals surface area contributed by atoms with Crippen LogP contribution in [-0.2, 0) is 9.53 Å². The Hall–Kier alpha value is -1.65. The highest BCUT2D eigenvalue weighted by atomic mass is 16.5. The lowest BCUT2D eigenvalue weighted by atomic mass is 10.2. The molecule has 0 aromatic rings. The van der Waals surface area contributed by atoms with Crippen molar-refractivity contribution in [3.8, 4) is 0 Å². The smallest absolute Gasteiger partial charge is 0.219 e. The van der Waals surface area contributed by atoms with Crippen molar-refractivity contribution in [1.82, 2.24) is 15.8 Å². The molecule has 0 aliphatic carbocycles. The normalized spacial score (nSPS) is 19.9. The zero-order chi connectivity index (χ0) is 15.5. The van der Waals surface area contributed by atoms with Gasteiger partial charge in [-0.15, -0.1) is 0 Å². The number of carbonyl (C=O) groups is 1. The van der Waals surface area contributed by atoms with Gasteiger partial charge >= 0.3 is 0 Å². The van der Waals surface area contributed by atoms with Gasteiger partial charge in [0.1, 0.15) is 11.9 Å². The zero-order valence-electron chi connectivity index (χ0n) is 13.6. The number of allylic oxidation sites excluding steroid dienone is 1. The van der Waals surface area contributed by atoms with Gasteiger partial charge in [-0.1, -0.05) is 27.7 Å². The molecule has 5 nitrogen and oxygen atoms in total. The molecule has 0 aromatic heterocycles. The Balaban J connectivity index is 0.000000829. The summed E-state index contributed by atoms with van der Waals surface area (Å²) in [4.78, 5) is 13.0. The molecule has 0 bridgehead atoms. The number of ether oxygens (including phenoxy) is 1. The fourth-order valence-corrected chi connectivity index (χ4v) is 1.86. The number of rotatable bonds is 2. The Labute approximate surface area is 123 Å². The summed E-state index contributed by atoms with van der Waals surface area (Å²) in [6, 6.07) is 0. The highest BCUT2D eigenvalue weighted by Gasteiger charge is 2.26. The maximum atomic E-state index is 11.2. The van der Waals surface area contributed by atoms with E-state index in [0.717, 1.165) is 24.3 Å². The number of nitrogens with one attached hydrogen (secondary N) is 2. The number of hydrogen-bond donors (Lipinski definition) is 2. The first-order chi connectivity index (χ1) is 9.66. The van der Waals surface area contributed by atoms with Crippen LogP contribution in [0.1, 0.15) is 48.0 Å². The van der Waals surface area contributed by atoms with E-state index < -0.39 is 0 Å². The van der Waals surface area contributed by atoms with Gasteiger partial charge in [0.2, 0.25) is 5.91 Å². The molecule has 2 aliphatic heterocycles. The van der Waals surface area contributed by atoms with Crippen LogP contribution in [0.3, 0.4) is 0 Å². The van der Waals surface area contributed by atoms with Crippen LogP contribution >= 0.6 is 0 Å². The second-order valence-corrected chi connectivity index (χ2v) is 4.12. The summed E-state index contributed by atoms with van der Waals surface area (Å²) in [5, 5.41) is 0. The van der Waals surface area contributed by atoms with Crippen molar-refractivity contribution in [3.05, 3.63) is 23.7 Å². The predicted octanol–water partition coefficient (Wildman–Crippen LogP) is 2.53. The average molecular weight is 283 g/mol. The molecule has 20 heavy (non-hydrogen) atoms. The van der Waals surface area contributed by atoms with Crippen molar-refractivity contribution >= 4 is 5.91 Å². The highest BCUT2D eigenvalue weighted by molar-refractivity contribution is 5.73. The third-order valence-corrected chi connectivity index (χ3v) is 2.85. The van der Waals surface area contributed by atoms with Crippen molar-refractivity contribution in [2.24, 2.45) is 0 Å². The third kappa shape index (κ3) is 5.55. The second kappa shape index (κ2) is 10.2. The van der Waals surface area contributed by atoms with Crippen LogP contribution < -0.4 is 10.9 Å². The molecule has 0 spiro atoms. The van der Waals surface area contributed by atoms with Crippen molar-refractivity contribution in [1.29, 1.82) is 0 Å². The molecule has 2 aliphatic rings. The molecular formula is C15H29N3O2. The van der Waals surface area contributed by atoms with Gasteiger partial charge in [0, 0.05) is 31.7 Å². The van der Waals surface area contributed by atoms with E-state index >= 15 is 0 Å². The molecule has 1 amide bonds. The van der Waals surface area contributed by atoms with E-state index in [1.807, 2.05) is 45.7 Å². The molecule has 5 heteroatoms. The minimum atomic E-state index is 0.110. The van der Waals surface area contributed by atoms with Crippen molar-refractivity contribution < 1.29 is 9.53 Å². The molecule has 2 heterocycles. The summed E-state index contributed by atoms with van der Waals surface area (Å²) in [5.74, 6) is 0.963. The predicted molar refractivity (Wildman–Crippen MR) is 82.6 cm³/mol. The molecule has 1 saturated heterocycles. The maximum Gasteiger partial charge on any atom is 0.219 e. The number of carbonyl (C=O) groups excluding carboxylic acids is 1. The maximum absolute atomic E-state index is 11.2. The van der Waals surface area contributed by atoms with E-state index in [9.17, 15) is 4.79 Å². The summed E-state index contributed by atoms with van der Waals surface area (Å²) in [6.45, 7) is 13.1. The van der Waals surface area contributed by atoms with E-state index in [2.05, 4.69) is 10.9 Å². The van der Waals surface area contributed by atoms with Crippen molar-refractivity contribution in [2.45, 2.75) is 54.1 Å². The number of hydrogen-bond acceptors (Lipinski definition) is 4. The minimum Gasteiger partial charge on any atom is -0.487 e. The van der Waals surface area contributed by atoms with Crippen LogP contribution in [0.4, 0.5) is 0 Å². The van der Waals surface area contributed by atoms with Crippen molar-refractivity contribution in [3.63, 3.8) is 0 Å².